The van der Waals surface area contributed by atoms with E-state index in [9.17, 15) is 4.79 Å². The topological polar surface area (TPSA) is 75.6 Å². The van der Waals surface area contributed by atoms with Gasteiger partial charge in [0.15, 0.2) is 5.76 Å². The molecule has 4 rings (SSSR count). The average Bonchev–Trinajstić information content (AvgIpc) is 3.34. The molecule has 2 fully saturated rings. The highest BCUT2D eigenvalue weighted by molar-refractivity contribution is 5.77. The standard InChI is InChI=1S/C21H30N4O3/c1-16(2)7-11-25-15-21(9-6-19(25)26)8-4-10-24(14-21)13-18-22-23-20(28-18)17-5-3-12-27-17/h3,5,12,16H,4,6-11,13-15H2,1-2H3. The molecule has 1 unspecified atom stereocenters. The fourth-order valence-electron chi connectivity index (χ4n) is 4.51. The summed E-state index contributed by atoms with van der Waals surface area (Å²) in [6.07, 6.45) is 6.67. The van der Waals surface area contributed by atoms with Gasteiger partial charge in [-0.1, -0.05) is 13.8 Å². The van der Waals surface area contributed by atoms with Gasteiger partial charge in [-0.15, -0.1) is 10.2 Å². The molecule has 152 valence electrons. The van der Waals surface area contributed by atoms with Crippen molar-refractivity contribution >= 4 is 5.91 Å². The van der Waals surface area contributed by atoms with Crippen molar-refractivity contribution in [1.29, 1.82) is 0 Å². The molecule has 1 spiro atoms. The van der Waals surface area contributed by atoms with Gasteiger partial charge in [0.05, 0.1) is 12.8 Å². The molecular weight excluding hydrogens is 356 g/mol. The summed E-state index contributed by atoms with van der Waals surface area (Å²) in [5.74, 6) is 2.58. The van der Waals surface area contributed by atoms with E-state index in [-0.39, 0.29) is 5.41 Å². The third kappa shape index (κ3) is 4.29. The number of amides is 1. The van der Waals surface area contributed by atoms with Crippen LogP contribution in [0.5, 0.6) is 0 Å². The number of carbonyl (C=O) groups excluding carboxylic acids is 1. The molecule has 0 saturated carbocycles. The molecule has 2 saturated heterocycles. The summed E-state index contributed by atoms with van der Waals surface area (Å²) in [6, 6.07) is 3.63. The number of carbonyl (C=O) groups is 1. The molecule has 7 heteroatoms. The van der Waals surface area contributed by atoms with Gasteiger partial charge in [0.25, 0.3) is 5.89 Å². The first-order chi connectivity index (χ1) is 13.5. The molecule has 7 nitrogen and oxygen atoms in total. The summed E-state index contributed by atoms with van der Waals surface area (Å²) < 4.78 is 11.1. The van der Waals surface area contributed by atoms with Gasteiger partial charge in [0.1, 0.15) is 0 Å². The highest BCUT2D eigenvalue weighted by Gasteiger charge is 2.41. The number of furan rings is 1. The van der Waals surface area contributed by atoms with Crippen LogP contribution in [-0.2, 0) is 11.3 Å². The molecule has 2 aromatic rings. The molecule has 2 aliphatic rings. The lowest BCUT2D eigenvalue weighted by atomic mass is 9.73. The Morgan fingerprint density at radius 1 is 1.25 bits per heavy atom. The minimum absolute atomic E-state index is 0.201. The van der Waals surface area contributed by atoms with Gasteiger partial charge < -0.3 is 13.7 Å². The third-order valence-electron chi connectivity index (χ3n) is 6.02. The van der Waals surface area contributed by atoms with Gasteiger partial charge in [0.2, 0.25) is 11.8 Å². The fraction of sp³-hybridized carbons (Fsp3) is 0.667. The van der Waals surface area contributed by atoms with Crippen molar-refractivity contribution in [1.82, 2.24) is 20.0 Å². The molecule has 0 aliphatic carbocycles. The average molecular weight is 386 g/mol. The fourth-order valence-corrected chi connectivity index (χ4v) is 4.51. The Morgan fingerprint density at radius 2 is 2.14 bits per heavy atom. The van der Waals surface area contributed by atoms with Crippen LogP contribution in [0, 0.1) is 11.3 Å². The zero-order chi connectivity index (χ0) is 19.6. The summed E-state index contributed by atoms with van der Waals surface area (Å²) >= 11 is 0. The largest absolute Gasteiger partial charge is 0.459 e. The molecule has 4 heterocycles. The van der Waals surface area contributed by atoms with E-state index in [1.54, 1.807) is 6.26 Å². The highest BCUT2D eigenvalue weighted by atomic mass is 16.4. The first kappa shape index (κ1) is 19.2. The van der Waals surface area contributed by atoms with E-state index in [1.807, 2.05) is 12.1 Å². The second kappa shape index (κ2) is 8.07. The second-order valence-electron chi connectivity index (χ2n) is 8.79. The number of likely N-dealkylation sites (tertiary alicyclic amines) is 2. The number of hydrogen-bond donors (Lipinski definition) is 0. The number of rotatable bonds is 6. The van der Waals surface area contributed by atoms with Crippen molar-refractivity contribution in [2.45, 2.75) is 52.5 Å². The van der Waals surface area contributed by atoms with Crippen LogP contribution in [0.1, 0.15) is 51.8 Å². The molecular formula is C21H30N4O3. The first-order valence-electron chi connectivity index (χ1n) is 10.4. The number of hydrogen-bond acceptors (Lipinski definition) is 6. The van der Waals surface area contributed by atoms with E-state index < -0.39 is 0 Å². The Balaban J connectivity index is 1.39. The lowest BCUT2D eigenvalue weighted by Gasteiger charge is -2.48. The maximum Gasteiger partial charge on any atom is 0.283 e. The van der Waals surface area contributed by atoms with E-state index in [2.05, 4.69) is 33.8 Å². The van der Waals surface area contributed by atoms with E-state index >= 15 is 0 Å². The zero-order valence-corrected chi connectivity index (χ0v) is 16.9. The monoisotopic (exact) mass is 386 g/mol. The van der Waals surface area contributed by atoms with Crippen LogP contribution < -0.4 is 0 Å². The molecule has 1 atom stereocenters. The smallest absolute Gasteiger partial charge is 0.283 e. The van der Waals surface area contributed by atoms with Crippen molar-refractivity contribution in [3.05, 3.63) is 24.3 Å². The third-order valence-corrected chi connectivity index (χ3v) is 6.02. The normalized spacial score (nSPS) is 23.8. The molecule has 1 amide bonds. The molecule has 0 aromatic carbocycles. The Hall–Kier alpha value is -2.15. The van der Waals surface area contributed by atoms with Crippen LogP contribution in [0.25, 0.3) is 11.7 Å². The van der Waals surface area contributed by atoms with E-state index in [0.29, 0.717) is 42.3 Å². The van der Waals surface area contributed by atoms with Crippen molar-refractivity contribution in [3.63, 3.8) is 0 Å². The van der Waals surface area contributed by atoms with Crippen molar-refractivity contribution in [2.24, 2.45) is 11.3 Å². The molecule has 2 aromatic heterocycles. The van der Waals surface area contributed by atoms with Gasteiger partial charge in [-0.3, -0.25) is 9.69 Å². The van der Waals surface area contributed by atoms with E-state index in [0.717, 1.165) is 45.4 Å². The van der Waals surface area contributed by atoms with Crippen LogP contribution in [0.3, 0.4) is 0 Å². The van der Waals surface area contributed by atoms with Gasteiger partial charge in [0, 0.05) is 31.5 Å². The van der Waals surface area contributed by atoms with Gasteiger partial charge >= 0.3 is 0 Å². The lowest BCUT2D eigenvalue weighted by Crippen LogP contribution is -2.54. The molecule has 0 radical (unpaired) electrons. The molecule has 0 N–H and O–H groups in total. The maximum atomic E-state index is 12.4. The van der Waals surface area contributed by atoms with Gasteiger partial charge in [-0.05, 0) is 50.3 Å². The van der Waals surface area contributed by atoms with Crippen LogP contribution in [0.2, 0.25) is 0 Å². The summed E-state index contributed by atoms with van der Waals surface area (Å²) in [7, 11) is 0. The van der Waals surface area contributed by atoms with E-state index in [1.165, 1.54) is 6.42 Å². The quantitative estimate of drug-likeness (QED) is 0.755. The number of piperidine rings is 2. The van der Waals surface area contributed by atoms with Crippen LogP contribution in [0.4, 0.5) is 0 Å². The van der Waals surface area contributed by atoms with Crippen molar-refractivity contribution in [3.8, 4) is 11.7 Å². The molecule has 28 heavy (non-hydrogen) atoms. The zero-order valence-electron chi connectivity index (χ0n) is 16.9. The number of nitrogens with zero attached hydrogens (tertiary/aromatic N) is 4. The minimum atomic E-state index is 0.201. The SMILES string of the molecule is CC(C)CCN1CC2(CCCN(Cc3nnc(-c4ccco4)o3)C2)CCC1=O. The molecule has 2 aliphatic heterocycles. The molecule has 0 bridgehead atoms. The highest BCUT2D eigenvalue weighted by Crippen LogP contribution is 2.39. The van der Waals surface area contributed by atoms with Crippen molar-refractivity contribution in [2.75, 3.05) is 26.2 Å². The predicted octanol–water partition coefficient (Wildman–Crippen LogP) is 3.58. The lowest BCUT2D eigenvalue weighted by molar-refractivity contribution is -0.139. The Morgan fingerprint density at radius 3 is 2.93 bits per heavy atom. The Labute approximate surface area is 166 Å². The minimum Gasteiger partial charge on any atom is -0.459 e. The van der Waals surface area contributed by atoms with Crippen LogP contribution >= 0.6 is 0 Å². The maximum absolute atomic E-state index is 12.4. The van der Waals surface area contributed by atoms with Gasteiger partial charge in [-0.25, -0.2) is 0 Å². The summed E-state index contributed by atoms with van der Waals surface area (Å²) in [5.41, 5.74) is 0.201. The van der Waals surface area contributed by atoms with E-state index in [4.69, 9.17) is 8.83 Å². The summed E-state index contributed by atoms with van der Waals surface area (Å²) in [5, 5.41) is 8.29. The summed E-state index contributed by atoms with van der Waals surface area (Å²) in [4.78, 5) is 16.9. The second-order valence-corrected chi connectivity index (χ2v) is 8.79. The predicted molar refractivity (Wildman–Crippen MR) is 104 cm³/mol. The number of aromatic nitrogens is 2. The first-order valence-corrected chi connectivity index (χ1v) is 10.4. The Kier molecular flexibility index (Phi) is 5.53. The van der Waals surface area contributed by atoms with Crippen molar-refractivity contribution < 1.29 is 13.6 Å². The van der Waals surface area contributed by atoms with Gasteiger partial charge in [-0.2, -0.15) is 0 Å². The summed E-state index contributed by atoms with van der Waals surface area (Å²) in [6.45, 7) is 8.86. The Bertz CT molecular complexity index is 785. The van der Waals surface area contributed by atoms with Crippen LogP contribution in [-0.4, -0.2) is 52.1 Å². The van der Waals surface area contributed by atoms with Crippen LogP contribution in [0.15, 0.2) is 27.2 Å².